The Hall–Kier alpha value is -1.27. The summed E-state index contributed by atoms with van der Waals surface area (Å²) in [4.78, 5) is 0. The van der Waals surface area contributed by atoms with Gasteiger partial charge in [0.25, 0.3) is 0 Å². The number of benzene rings is 1. The zero-order chi connectivity index (χ0) is 16.2. The molecule has 21 heavy (non-hydrogen) atoms. The lowest BCUT2D eigenvalue weighted by Gasteiger charge is -2.23. The highest BCUT2D eigenvalue weighted by atomic mass is 19.4. The lowest BCUT2D eigenvalue weighted by molar-refractivity contribution is -0.137. The molecule has 0 bridgehead atoms. The van der Waals surface area contributed by atoms with Crippen LogP contribution in [-0.4, -0.2) is 24.4 Å². The molecule has 0 spiro atoms. The van der Waals surface area contributed by atoms with Crippen molar-refractivity contribution < 1.29 is 23.0 Å². The molecular formula is C15H22F3NO2. The summed E-state index contributed by atoms with van der Waals surface area (Å²) in [6, 6.07) is 3.07. The maximum absolute atomic E-state index is 12.7. The van der Waals surface area contributed by atoms with Crippen LogP contribution in [0.2, 0.25) is 0 Å². The zero-order valence-electron chi connectivity index (χ0n) is 12.4. The number of halogens is 3. The van der Waals surface area contributed by atoms with Crippen LogP contribution >= 0.6 is 0 Å². The van der Waals surface area contributed by atoms with Crippen LogP contribution in [0.1, 0.15) is 43.7 Å². The van der Waals surface area contributed by atoms with E-state index >= 15 is 0 Å². The van der Waals surface area contributed by atoms with Crippen molar-refractivity contribution in [2.75, 3.05) is 7.11 Å². The molecule has 0 aliphatic rings. The van der Waals surface area contributed by atoms with Gasteiger partial charge >= 0.3 is 6.18 Å². The molecule has 1 aromatic rings. The highest BCUT2D eigenvalue weighted by molar-refractivity contribution is 5.40. The molecule has 3 N–H and O–H groups in total. The smallest absolute Gasteiger partial charge is 0.416 e. The minimum absolute atomic E-state index is 0.158. The van der Waals surface area contributed by atoms with E-state index in [-0.39, 0.29) is 17.7 Å². The van der Waals surface area contributed by atoms with Crippen molar-refractivity contribution in [1.82, 2.24) is 0 Å². The Bertz CT molecular complexity index is 463. The highest BCUT2D eigenvalue weighted by Gasteiger charge is 2.31. The fourth-order valence-electron chi connectivity index (χ4n) is 2.23. The first kappa shape index (κ1) is 17.8. The van der Waals surface area contributed by atoms with E-state index < -0.39 is 17.8 Å². The number of alkyl halides is 3. The van der Waals surface area contributed by atoms with Crippen LogP contribution in [0.15, 0.2) is 18.2 Å². The third kappa shape index (κ3) is 4.61. The summed E-state index contributed by atoms with van der Waals surface area (Å²) in [7, 11) is 1.33. The quantitative estimate of drug-likeness (QED) is 0.848. The van der Waals surface area contributed by atoms with Gasteiger partial charge in [0.1, 0.15) is 5.75 Å². The van der Waals surface area contributed by atoms with Gasteiger partial charge in [-0.2, -0.15) is 13.2 Å². The normalized spacial score (nSPS) is 16.4. The molecule has 3 nitrogen and oxygen atoms in total. The van der Waals surface area contributed by atoms with Crippen LogP contribution in [0.4, 0.5) is 13.2 Å². The number of methoxy groups -OCH3 is 1. The Balaban J connectivity index is 2.97. The monoisotopic (exact) mass is 305 g/mol. The first-order chi connectivity index (χ1) is 9.70. The molecule has 0 aliphatic carbocycles. The van der Waals surface area contributed by atoms with Gasteiger partial charge in [0.05, 0.1) is 18.8 Å². The molecule has 0 saturated carbocycles. The van der Waals surface area contributed by atoms with Crippen LogP contribution in [0.25, 0.3) is 0 Å². The Morgan fingerprint density at radius 1 is 1.33 bits per heavy atom. The summed E-state index contributed by atoms with van der Waals surface area (Å²) in [6.07, 6.45) is -4.09. The van der Waals surface area contributed by atoms with Crippen molar-refractivity contribution in [2.24, 2.45) is 5.73 Å². The molecule has 0 amide bonds. The van der Waals surface area contributed by atoms with Gasteiger partial charge < -0.3 is 15.6 Å². The predicted molar refractivity (Wildman–Crippen MR) is 75.3 cm³/mol. The molecule has 6 heteroatoms. The molecule has 0 aromatic heterocycles. The number of nitrogens with two attached hydrogens (primary N) is 1. The SMILES string of the molecule is CCC(N)C(O)CC(C)c1ccc(C(F)(F)F)cc1OC. The van der Waals surface area contributed by atoms with Crippen molar-refractivity contribution in [2.45, 2.75) is 50.9 Å². The van der Waals surface area contributed by atoms with E-state index in [2.05, 4.69) is 0 Å². The summed E-state index contributed by atoms with van der Waals surface area (Å²) < 4.78 is 43.1. The topological polar surface area (TPSA) is 55.5 Å². The standard InChI is InChI=1S/C15H22F3NO2/c1-4-12(19)13(20)7-9(2)11-6-5-10(15(16,17)18)8-14(11)21-3/h5-6,8-9,12-13,20H,4,7,19H2,1-3H3. The number of hydrogen-bond acceptors (Lipinski definition) is 3. The number of rotatable bonds is 6. The lowest BCUT2D eigenvalue weighted by Crippen LogP contribution is -2.34. The molecule has 3 unspecified atom stereocenters. The zero-order valence-corrected chi connectivity index (χ0v) is 12.4. The van der Waals surface area contributed by atoms with Gasteiger partial charge in [-0.05, 0) is 36.5 Å². The van der Waals surface area contributed by atoms with Gasteiger partial charge in [-0.15, -0.1) is 0 Å². The molecule has 3 atom stereocenters. The van der Waals surface area contributed by atoms with E-state index in [9.17, 15) is 18.3 Å². The molecule has 0 fully saturated rings. The van der Waals surface area contributed by atoms with Crippen LogP contribution in [0.3, 0.4) is 0 Å². The third-order valence-corrected chi connectivity index (χ3v) is 3.65. The van der Waals surface area contributed by atoms with Crippen molar-refractivity contribution >= 4 is 0 Å². The maximum atomic E-state index is 12.7. The molecule has 0 aliphatic heterocycles. The van der Waals surface area contributed by atoms with E-state index in [1.807, 2.05) is 13.8 Å². The molecule has 0 saturated heterocycles. The average Bonchev–Trinajstić information content (AvgIpc) is 2.44. The molecular weight excluding hydrogens is 283 g/mol. The Labute approximate surface area is 122 Å². The van der Waals surface area contributed by atoms with Crippen molar-refractivity contribution in [3.63, 3.8) is 0 Å². The second-order valence-electron chi connectivity index (χ2n) is 5.23. The molecule has 0 heterocycles. The lowest BCUT2D eigenvalue weighted by atomic mass is 9.90. The predicted octanol–water partition coefficient (Wildman–Crippen LogP) is 3.31. The average molecular weight is 305 g/mol. The van der Waals surface area contributed by atoms with E-state index in [4.69, 9.17) is 10.5 Å². The molecule has 1 aromatic carbocycles. The Morgan fingerprint density at radius 3 is 2.43 bits per heavy atom. The second kappa shape index (κ2) is 7.13. The Morgan fingerprint density at radius 2 is 1.95 bits per heavy atom. The minimum atomic E-state index is -4.40. The fraction of sp³-hybridized carbons (Fsp3) is 0.600. The van der Waals surface area contributed by atoms with Gasteiger partial charge in [0.2, 0.25) is 0 Å². The Kier molecular flexibility index (Phi) is 6.04. The van der Waals surface area contributed by atoms with Gasteiger partial charge in [0, 0.05) is 6.04 Å². The van der Waals surface area contributed by atoms with Crippen LogP contribution in [0.5, 0.6) is 5.75 Å². The fourth-order valence-corrected chi connectivity index (χ4v) is 2.23. The van der Waals surface area contributed by atoms with Gasteiger partial charge in [-0.1, -0.05) is 19.9 Å². The van der Waals surface area contributed by atoms with Crippen molar-refractivity contribution in [3.05, 3.63) is 29.3 Å². The first-order valence-electron chi connectivity index (χ1n) is 6.89. The van der Waals surface area contributed by atoms with Crippen molar-refractivity contribution in [3.8, 4) is 5.75 Å². The van der Waals surface area contributed by atoms with Crippen LogP contribution in [-0.2, 0) is 6.18 Å². The maximum Gasteiger partial charge on any atom is 0.416 e. The van der Waals surface area contributed by atoms with E-state index in [0.717, 1.165) is 12.1 Å². The van der Waals surface area contributed by atoms with Crippen molar-refractivity contribution in [1.29, 1.82) is 0 Å². The van der Waals surface area contributed by atoms with E-state index in [1.54, 1.807) is 0 Å². The minimum Gasteiger partial charge on any atom is -0.496 e. The number of aliphatic hydroxyl groups excluding tert-OH is 1. The summed E-state index contributed by atoms with van der Waals surface area (Å²) in [5, 5.41) is 9.95. The molecule has 1 rings (SSSR count). The number of ether oxygens (including phenoxy) is 1. The number of aliphatic hydroxyl groups is 1. The van der Waals surface area contributed by atoms with E-state index in [1.165, 1.54) is 13.2 Å². The van der Waals surface area contributed by atoms with Gasteiger partial charge in [0.15, 0.2) is 0 Å². The second-order valence-corrected chi connectivity index (χ2v) is 5.23. The summed E-state index contributed by atoms with van der Waals surface area (Å²) >= 11 is 0. The van der Waals surface area contributed by atoms with Gasteiger partial charge in [-0.3, -0.25) is 0 Å². The summed E-state index contributed by atoms with van der Waals surface area (Å²) in [5.74, 6) is 0.0180. The molecule has 0 radical (unpaired) electrons. The van der Waals surface area contributed by atoms with Gasteiger partial charge in [-0.25, -0.2) is 0 Å². The molecule has 120 valence electrons. The highest BCUT2D eigenvalue weighted by Crippen LogP contribution is 2.36. The van der Waals surface area contributed by atoms with Crippen LogP contribution < -0.4 is 10.5 Å². The third-order valence-electron chi connectivity index (χ3n) is 3.65. The van der Waals surface area contributed by atoms with Crippen LogP contribution in [0, 0.1) is 0 Å². The first-order valence-corrected chi connectivity index (χ1v) is 6.89. The summed E-state index contributed by atoms with van der Waals surface area (Å²) in [5.41, 5.74) is 5.65. The largest absolute Gasteiger partial charge is 0.496 e. The van der Waals surface area contributed by atoms with E-state index in [0.29, 0.717) is 18.4 Å². The summed E-state index contributed by atoms with van der Waals surface area (Å²) in [6.45, 7) is 3.70. The number of hydrogen-bond donors (Lipinski definition) is 2.